The van der Waals surface area contributed by atoms with E-state index < -0.39 is 28.2 Å². The molecule has 4 rings (SSSR count). The molecule has 0 aromatic heterocycles. The minimum absolute atomic E-state index is 0.0356. The van der Waals surface area contributed by atoms with Crippen LogP contribution < -0.4 is 5.73 Å². The lowest BCUT2D eigenvalue weighted by Crippen LogP contribution is -2.36. The quantitative estimate of drug-likeness (QED) is 0.144. The van der Waals surface area contributed by atoms with Crippen molar-refractivity contribution in [3.63, 3.8) is 0 Å². The molecule has 0 saturated heterocycles. The Bertz CT molecular complexity index is 1430. The Morgan fingerprint density at radius 3 is 2.10 bits per heavy atom. The largest absolute Gasteiger partial charge is 0.516 e. The van der Waals surface area contributed by atoms with Crippen LogP contribution >= 0.6 is 15.9 Å². The number of ether oxygens (including phenoxy) is 2. The minimum Gasteiger partial charge on any atom is -0.433 e. The fourth-order valence-electron chi connectivity index (χ4n) is 5.02. The van der Waals surface area contributed by atoms with E-state index in [0.29, 0.717) is 19.4 Å². The van der Waals surface area contributed by atoms with Crippen molar-refractivity contribution in [1.82, 2.24) is 4.31 Å². The van der Waals surface area contributed by atoms with Crippen molar-refractivity contribution in [2.75, 3.05) is 19.7 Å². The zero-order valence-corrected chi connectivity index (χ0v) is 25.6. The maximum absolute atomic E-state index is 13.2. The summed E-state index contributed by atoms with van der Waals surface area (Å²) in [5.41, 5.74) is 10.3. The van der Waals surface area contributed by atoms with E-state index in [1.54, 1.807) is 24.3 Å². The highest BCUT2D eigenvalue weighted by Gasteiger charge is 2.30. The van der Waals surface area contributed by atoms with Crippen LogP contribution in [-0.2, 0) is 24.3 Å². The number of carbonyl (C=O) groups excluding carboxylic acids is 2. The van der Waals surface area contributed by atoms with Crippen molar-refractivity contribution in [2.45, 2.75) is 50.0 Å². The summed E-state index contributed by atoms with van der Waals surface area (Å²) in [5, 5.41) is 0. The van der Waals surface area contributed by atoms with Crippen LogP contribution in [0.3, 0.4) is 0 Å². The lowest BCUT2D eigenvalue weighted by atomic mass is 9.98. The number of hydrogen-bond donors (Lipinski definition) is 1. The molecule has 218 valence electrons. The highest BCUT2D eigenvalue weighted by atomic mass is 79.9. The first kappa shape index (κ1) is 30.9. The standard InChI is InChI=1S/C31H35BrN2O6S/c1-21(2)19-34(41(37,38)23-16-14-22(32)15-17-23)18-8-7-13-29(33)30(35)40-31(36)39-20-28-26-11-5-3-9-24(26)25-10-4-6-12-27(25)28/h3-6,9-12,14-17,21,28-29H,7-8,13,18-20,33H2,1-2H3/t29-/m0/s1. The van der Waals surface area contributed by atoms with E-state index in [-0.39, 0.29) is 36.3 Å². The van der Waals surface area contributed by atoms with Gasteiger partial charge in [-0.2, -0.15) is 4.31 Å². The highest BCUT2D eigenvalue weighted by Crippen LogP contribution is 2.44. The van der Waals surface area contributed by atoms with Gasteiger partial charge in [0.25, 0.3) is 0 Å². The molecular weight excluding hydrogens is 608 g/mol. The smallest absolute Gasteiger partial charge is 0.433 e. The minimum atomic E-state index is -3.67. The third-order valence-electron chi connectivity index (χ3n) is 7.01. The second-order valence-corrected chi connectivity index (χ2v) is 13.4. The van der Waals surface area contributed by atoms with Crippen molar-refractivity contribution in [3.05, 3.63) is 88.4 Å². The summed E-state index contributed by atoms with van der Waals surface area (Å²) in [6.07, 6.45) is 0.124. The Labute approximate surface area is 250 Å². The maximum atomic E-state index is 13.2. The van der Waals surface area contributed by atoms with Crippen molar-refractivity contribution < 1.29 is 27.5 Å². The van der Waals surface area contributed by atoms with Gasteiger partial charge in [-0.05, 0) is 71.7 Å². The number of hydrogen-bond acceptors (Lipinski definition) is 7. The van der Waals surface area contributed by atoms with Crippen molar-refractivity contribution >= 4 is 38.1 Å². The van der Waals surface area contributed by atoms with Gasteiger partial charge in [0.2, 0.25) is 10.0 Å². The molecule has 2 N–H and O–H groups in total. The topological polar surface area (TPSA) is 116 Å². The van der Waals surface area contributed by atoms with Gasteiger partial charge in [-0.3, -0.25) is 0 Å². The fourth-order valence-corrected chi connectivity index (χ4v) is 6.93. The molecule has 0 bridgehead atoms. The lowest BCUT2D eigenvalue weighted by molar-refractivity contribution is -0.141. The molecule has 0 spiro atoms. The van der Waals surface area contributed by atoms with Crippen LogP contribution in [0.5, 0.6) is 0 Å². The Morgan fingerprint density at radius 1 is 0.927 bits per heavy atom. The first-order chi connectivity index (χ1) is 19.6. The molecule has 1 aliphatic rings. The number of nitrogens with two attached hydrogens (primary N) is 1. The zero-order valence-electron chi connectivity index (χ0n) is 23.2. The summed E-state index contributed by atoms with van der Waals surface area (Å²) >= 11 is 3.33. The molecule has 1 atom stereocenters. The van der Waals surface area contributed by atoms with Gasteiger partial charge in [-0.1, -0.05) is 78.3 Å². The molecule has 8 nitrogen and oxygen atoms in total. The number of fused-ring (bicyclic) bond motifs is 3. The number of sulfonamides is 1. The molecular formula is C31H35BrN2O6S. The first-order valence-corrected chi connectivity index (χ1v) is 15.9. The number of benzene rings is 3. The van der Waals surface area contributed by atoms with Crippen molar-refractivity contribution in [1.29, 1.82) is 0 Å². The molecule has 0 amide bonds. The van der Waals surface area contributed by atoms with Gasteiger partial charge in [0.1, 0.15) is 12.6 Å². The van der Waals surface area contributed by atoms with E-state index in [9.17, 15) is 18.0 Å². The van der Waals surface area contributed by atoms with Crippen LogP contribution in [0.4, 0.5) is 4.79 Å². The highest BCUT2D eigenvalue weighted by molar-refractivity contribution is 9.10. The third-order valence-corrected chi connectivity index (χ3v) is 9.42. The van der Waals surface area contributed by atoms with Crippen LogP contribution in [0.25, 0.3) is 11.1 Å². The number of esters is 1. The van der Waals surface area contributed by atoms with E-state index >= 15 is 0 Å². The number of unbranched alkanes of at least 4 members (excludes halogenated alkanes) is 1. The number of nitrogens with zero attached hydrogens (tertiary/aromatic N) is 1. The van der Waals surface area contributed by atoms with Crippen molar-refractivity contribution in [3.8, 4) is 11.1 Å². The van der Waals surface area contributed by atoms with Gasteiger partial charge in [0.15, 0.2) is 0 Å². The van der Waals surface area contributed by atoms with Gasteiger partial charge in [0.05, 0.1) is 4.90 Å². The Balaban J connectivity index is 1.25. The molecule has 3 aromatic rings. The second-order valence-electron chi connectivity index (χ2n) is 10.5. The maximum Gasteiger partial charge on any atom is 0.516 e. The Hall–Kier alpha value is -3.05. The average Bonchev–Trinajstić information content (AvgIpc) is 3.27. The summed E-state index contributed by atoms with van der Waals surface area (Å²) in [4.78, 5) is 25.0. The normalized spacial score (nSPS) is 13.6. The molecule has 0 heterocycles. The summed E-state index contributed by atoms with van der Waals surface area (Å²) in [6, 6.07) is 21.4. The molecule has 0 radical (unpaired) electrons. The number of carbonyl (C=O) groups is 2. The summed E-state index contributed by atoms with van der Waals surface area (Å²) in [7, 11) is -3.67. The van der Waals surface area contributed by atoms with E-state index in [1.165, 1.54) is 4.31 Å². The van der Waals surface area contributed by atoms with Crippen LogP contribution in [0.2, 0.25) is 0 Å². The zero-order chi connectivity index (χ0) is 29.6. The molecule has 0 unspecified atom stereocenters. The lowest BCUT2D eigenvalue weighted by Gasteiger charge is -2.24. The van der Waals surface area contributed by atoms with Gasteiger partial charge in [-0.15, -0.1) is 0 Å². The van der Waals surface area contributed by atoms with E-state index in [2.05, 4.69) is 15.9 Å². The predicted octanol–water partition coefficient (Wildman–Crippen LogP) is 6.09. The van der Waals surface area contributed by atoms with Gasteiger partial charge in [-0.25, -0.2) is 18.0 Å². The molecule has 0 fully saturated rings. The molecule has 10 heteroatoms. The molecule has 1 aliphatic carbocycles. The van der Waals surface area contributed by atoms with Crippen LogP contribution in [0, 0.1) is 5.92 Å². The summed E-state index contributed by atoms with van der Waals surface area (Å²) in [5.74, 6) is -0.889. The van der Waals surface area contributed by atoms with Crippen LogP contribution in [-0.4, -0.2) is 50.6 Å². The van der Waals surface area contributed by atoms with Crippen LogP contribution in [0.15, 0.2) is 82.2 Å². The monoisotopic (exact) mass is 642 g/mol. The van der Waals surface area contributed by atoms with E-state index in [0.717, 1.165) is 26.7 Å². The van der Waals surface area contributed by atoms with Gasteiger partial charge in [0, 0.05) is 23.5 Å². The number of halogens is 1. The van der Waals surface area contributed by atoms with Gasteiger partial charge < -0.3 is 15.2 Å². The van der Waals surface area contributed by atoms with Crippen LogP contribution in [0.1, 0.15) is 50.2 Å². The summed E-state index contributed by atoms with van der Waals surface area (Å²) in [6.45, 7) is 4.60. The SMILES string of the molecule is CC(C)CN(CCCC[C@H](N)C(=O)OC(=O)OCC1c2ccccc2-c2ccccc21)S(=O)(=O)c1ccc(Br)cc1. The molecule has 0 aliphatic heterocycles. The van der Waals surface area contributed by atoms with Gasteiger partial charge >= 0.3 is 12.1 Å². The van der Waals surface area contributed by atoms with E-state index in [1.807, 2.05) is 62.4 Å². The molecule has 41 heavy (non-hydrogen) atoms. The number of rotatable bonds is 12. The Morgan fingerprint density at radius 2 is 1.51 bits per heavy atom. The second kappa shape index (κ2) is 13.7. The van der Waals surface area contributed by atoms with E-state index in [4.69, 9.17) is 15.2 Å². The predicted molar refractivity (Wildman–Crippen MR) is 161 cm³/mol. The Kier molecular flexibility index (Phi) is 10.4. The fraction of sp³-hybridized carbons (Fsp3) is 0.355. The van der Waals surface area contributed by atoms with Crippen molar-refractivity contribution in [2.24, 2.45) is 11.7 Å². The third kappa shape index (κ3) is 7.62. The molecule has 0 saturated carbocycles. The molecule has 3 aromatic carbocycles. The summed E-state index contributed by atoms with van der Waals surface area (Å²) < 4.78 is 38.8. The average molecular weight is 644 g/mol. The first-order valence-electron chi connectivity index (χ1n) is 13.7.